The lowest BCUT2D eigenvalue weighted by Crippen LogP contribution is -2.47. The van der Waals surface area contributed by atoms with Gasteiger partial charge in [0.25, 0.3) is 0 Å². The van der Waals surface area contributed by atoms with E-state index < -0.39 is 11.7 Å². The van der Waals surface area contributed by atoms with Crippen LogP contribution >= 0.6 is 0 Å². The van der Waals surface area contributed by atoms with Crippen LogP contribution in [0.25, 0.3) is 0 Å². The zero-order valence-electron chi connectivity index (χ0n) is 11.5. The molecule has 2 N–H and O–H groups in total. The number of carbonyl (C=O) groups excluding carboxylic acids is 1. The first kappa shape index (κ1) is 15.8. The molecule has 0 aliphatic carbocycles. The highest BCUT2D eigenvalue weighted by Gasteiger charge is 2.29. The van der Waals surface area contributed by atoms with Crippen molar-refractivity contribution < 1.29 is 18.0 Å². The van der Waals surface area contributed by atoms with Crippen molar-refractivity contribution in [2.24, 2.45) is 0 Å². The SMILES string of the molecule is O=C(CN1CCNCC1)NCc1ccc(C(F)(F)F)cc1. The zero-order valence-corrected chi connectivity index (χ0v) is 11.5. The van der Waals surface area contributed by atoms with Gasteiger partial charge in [0.15, 0.2) is 0 Å². The summed E-state index contributed by atoms with van der Waals surface area (Å²) in [5.41, 5.74) is -0.0324. The van der Waals surface area contributed by atoms with Crippen molar-refractivity contribution in [3.05, 3.63) is 35.4 Å². The predicted molar refractivity (Wildman–Crippen MR) is 72.6 cm³/mol. The van der Waals surface area contributed by atoms with Gasteiger partial charge in [-0.2, -0.15) is 13.2 Å². The molecule has 1 amide bonds. The van der Waals surface area contributed by atoms with Crippen LogP contribution in [0, 0.1) is 0 Å². The number of benzene rings is 1. The predicted octanol–water partition coefficient (Wildman–Crippen LogP) is 1.23. The average Bonchev–Trinajstić information content (AvgIpc) is 2.46. The van der Waals surface area contributed by atoms with Crippen molar-refractivity contribution in [2.45, 2.75) is 12.7 Å². The molecule has 0 bridgehead atoms. The second kappa shape index (κ2) is 6.91. The number of piperazine rings is 1. The summed E-state index contributed by atoms with van der Waals surface area (Å²) in [5.74, 6) is -0.114. The Bertz CT molecular complexity index is 467. The fourth-order valence-electron chi connectivity index (χ4n) is 2.14. The van der Waals surface area contributed by atoms with Crippen LogP contribution in [0.1, 0.15) is 11.1 Å². The van der Waals surface area contributed by atoms with Crippen LogP contribution in [0.3, 0.4) is 0 Å². The molecular weight excluding hydrogens is 283 g/mol. The molecule has 1 aromatic carbocycles. The molecular formula is C14H18F3N3O. The van der Waals surface area contributed by atoms with Crippen LogP contribution < -0.4 is 10.6 Å². The molecule has 0 spiro atoms. The number of hydrogen-bond acceptors (Lipinski definition) is 3. The van der Waals surface area contributed by atoms with Gasteiger partial charge in [-0.05, 0) is 17.7 Å². The van der Waals surface area contributed by atoms with E-state index in [0.29, 0.717) is 12.1 Å². The summed E-state index contributed by atoms with van der Waals surface area (Å²) in [6.45, 7) is 3.95. The lowest BCUT2D eigenvalue weighted by Gasteiger charge is -2.26. The van der Waals surface area contributed by atoms with Crippen molar-refractivity contribution >= 4 is 5.91 Å². The minimum absolute atomic E-state index is 0.114. The van der Waals surface area contributed by atoms with E-state index in [1.807, 2.05) is 4.90 Å². The van der Waals surface area contributed by atoms with Crippen molar-refractivity contribution in [1.82, 2.24) is 15.5 Å². The highest BCUT2D eigenvalue weighted by atomic mass is 19.4. The zero-order chi connectivity index (χ0) is 15.3. The van der Waals surface area contributed by atoms with Crippen LogP contribution in [0.15, 0.2) is 24.3 Å². The van der Waals surface area contributed by atoms with E-state index in [9.17, 15) is 18.0 Å². The van der Waals surface area contributed by atoms with Gasteiger partial charge < -0.3 is 10.6 Å². The third kappa shape index (κ3) is 5.02. The molecule has 0 radical (unpaired) electrons. The van der Waals surface area contributed by atoms with Gasteiger partial charge in [-0.25, -0.2) is 0 Å². The van der Waals surface area contributed by atoms with E-state index in [1.54, 1.807) is 0 Å². The number of alkyl halides is 3. The highest BCUT2D eigenvalue weighted by Crippen LogP contribution is 2.28. The van der Waals surface area contributed by atoms with E-state index in [0.717, 1.165) is 38.3 Å². The Morgan fingerprint density at radius 3 is 2.38 bits per heavy atom. The normalized spacial score (nSPS) is 16.7. The molecule has 0 saturated carbocycles. The van der Waals surface area contributed by atoms with Crippen molar-refractivity contribution in [3.8, 4) is 0 Å². The van der Waals surface area contributed by atoms with Crippen molar-refractivity contribution in [3.63, 3.8) is 0 Å². The van der Waals surface area contributed by atoms with Crippen LogP contribution in [-0.4, -0.2) is 43.5 Å². The number of nitrogens with zero attached hydrogens (tertiary/aromatic N) is 1. The summed E-state index contributed by atoms with van der Waals surface area (Å²) in [5, 5.41) is 5.92. The summed E-state index contributed by atoms with van der Waals surface area (Å²) < 4.78 is 37.2. The molecule has 116 valence electrons. The molecule has 1 saturated heterocycles. The summed E-state index contributed by atoms with van der Waals surface area (Å²) in [6, 6.07) is 4.82. The molecule has 1 heterocycles. The first-order chi connectivity index (χ1) is 9.95. The Morgan fingerprint density at radius 2 is 1.81 bits per heavy atom. The molecule has 1 aromatic rings. The van der Waals surface area contributed by atoms with Gasteiger partial charge in [0.05, 0.1) is 12.1 Å². The average molecular weight is 301 g/mol. The topological polar surface area (TPSA) is 44.4 Å². The number of halogens is 3. The summed E-state index contributed by atoms with van der Waals surface area (Å²) in [6.07, 6.45) is -4.33. The maximum absolute atomic E-state index is 12.4. The maximum Gasteiger partial charge on any atom is 0.416 e. The number of hydrogen-bond donors (Lipinski definition) is 2. The van der Waals surface area contributed by atoms with E-state index >= 15 is 0 Å². The second-order valence-corrected chi connectivity index (χ2v) is 5.00. The van der Waals surface area contributed by atoms with Crippen LogP contribution in [0.2, 0.25) is 0 Å². The Labute approximate surface area is 121 Å². The third-order valence-electron chi connectivity index (χ3n) is 3.35. The van der Waals surface area contributed by atoms with Gasteiger partial charge in [-0.15, -0.1) is 0 Å². The minimum atomic E-state index is -4.33. The van der Waals surface area contributed by atoms with E-state index in [2.05, 4.69) is 10.6 Å². The Hall–Kier alpha value is -1.60. The lowest BCUT2D eigenvalue weighted by molar-refractivity contribution is -0.137. The number of amides is 1. The van der Waals surface area contributed by atoms with Gasteiger partial charge >= 0.3 is 6.18 Å². The number of nitrogens with one attached hydrogen (secondary N) is 2. The largest absolute Gasteiger partial charge is 0.416 e. The standard InChI is InChI=1S/C14H18F3N3O/c15-14(16,17)12-3-1-11(2-4-12)9-19-13(21)10-20-7-5-18-6-8-20/h1-4,18H,5-10H2,(H,19,21). The molecule has 1 aliphatic rings. The van der Waals surface area contributed by atoms with Gasteiger partial charge in [-0.3, -0.25) is 9.69 Å². The van der Waals surface area contributed by atoms with Gasteiger partial charge in [0.2, 0.25) is 5.91 Å². The number of carbonyl (C=O) groups is 1. The molecule has 2 rings (SSSR count). The molecule has 7 heteroatoms. The number of rotatable bonds is 4. The second-order valence-electron chi connectivity index (χ2n) is 5.00. The first-order valence-corrected chi connectivity index (χ1v) is 6.81. The quantitative estimate of drug-likeness (QED) is 0.879. The van der Waals surface area contributed by atoms with Crippen molar-refractivity contribution in [1.29, 1.82) is 0 Å². The smallest absolute Gasteiger partial charge is 0.351 e. The third-order valence-corrected chi connectivity index (χ3v) is 3.35. The van der Waals surface area contributed by atoms with E-state index in [-0.39, 0.29) is 12.5 Å². The summed E-state index contributed by atoms with van der Waals surface area (Å²) in [7, 11) is 0. The van der Waals surface area contributed by atoms with Crippen LogP contribution in [0.5, 0.6) is 0 Å². The molecule has 0 unspecified atom stereocenters. The van der Waals surface area contributed by atoms with E-state index in [4.69, 9.17) is 0 Å². The first-order valence-electron chi connectivity index (χ1n) is 6.81. The van der Waals surface area contributed by atoms with Crippen LogP contribution in [0.4, 0.5) is 13.2 Å². The highest BCUT2D eigenvalue weighted by molar-refractivity contribution is 5.78. The fraction of sp³-hybridized carbons (Fsp3) is 0.500. The van der Waals surface area contributed by atoms with Gasteiger partial charge in [-0.1, -0.05) is 12.1 Å². The lowest BCUT2D eigenvalue weighted by atomic mass is 10.1. The Kier molecular flexibility index (Phi) is 5.19. The van der Waals surface area contributed by atoms with E-state index in [1.165, 1.54) is 12.1 Å². The summed E-state index contributed by atoms with van der Waals surface area (Å²) >= 11 is 0. The molecule has 4 nitrogen and oxygen atoms in total. The summed E-state index contributed by atoms with van der Waals surface area (Å²) in [4.78, 5) is 13.8. The molecule has 1 fully saturated rings. The Morgan fingerprint density at radius 1 is 1.19 bits per heavy atom. The van der Waals surface area contributed by atoms with Crippen LogP contribution in [-0.2, 0) is 17.5 Å². The molecule has 21 heavy (non-hydrogen) atoms. The molecule has 1 aliphatic heterocycles. The monoisotopic (exact) mass is 301 g/mol. The minimum Gasteiger partial charge on any atom is -0.351 e. The molecule has 0 atom stereocenters. The van der Waals surface area contributed by atoms with Gasteiger partial charge in [0.1, 0.15) is 0 Å². The maximum atomic E-state index is 12.4. The Balaban J connectivity index is 1.78. The fourth-order valence-corrected chi connectivity index (χ4v) is 2.14. The van der Waals surface area contributed by atoms with Gasteiger partial charge in [0, 0.05) is 32.7 Å². The molecule has 0 aromatic heterocycles. The van der Waals surface area contributed by atoms with Crippen molar-refractivity contribution in [2.75, 3.05) is 32.7 Å².